The van der Waals surface area contributed by atoms with E-state index in [4.69, 9.17) is 10.5 Å². The summed E-state index contributed by atoms with van der Waals surface area (Å²) in [5.41, 5.74) is 7.83. The van der Waals surface area contributed by atoms with Gasteiger partial charge in [-0.25, -0.2) is 4.99 Å². The number of aliphatic imine (C=N–C) groups is 1. The summed E-state index contributed by atoms with van der Waals surface area (Å²) in [5.74, 6) is 0.0771. The molecule has 7 nitrogen and oxygen atoms in total. The number of carbonyl (C=O) groups excluding carboxylic acids is 1. The first-order chi connectivity index (χ1) is 17.5. The Kier molecular flexibility index (Phi) is 8.54. The monoisotopic (exact) mass is 512 g/mol. The van der Waals surface area contributed by atoms with Gasteiger partial charge in [0.2, 0.25) is 5.91 Å². The second-order valence-electron chi connectivity index (χ2n) is 8.12. The number of amides is 1. The normalized spacial score (nSPS) is 12.1. The predicted octanol–water partition coefficient (Wildman–Crippen LogP) is 4.74. The summed E-state index contributed by atoms with van der Waals surface area (Å²) in [6, 6.07) is 13.1. The number of ether oxygens (including phenoxy) is 1. The molecule has 1 amide bonds. The van der Waals surface area contributed by atoms with Gasteiger partial charge < -0.3 is 15.8 Å². The predicted molar refractivity (Wildman–Crippen MR) is 137 cm³/mol. The molecule has 0 atom stereocenters. The summed E-state index contributed by atoms with van der Waals surface area (Å²) in [4.78, 5) is 29.3. The third-order valence-electron chi connectivity index (χ3n) is 5.53. The second-order valence-corrected chi connectivity index (χ2v) is 8.12. The number of methoxy groups -OCH3 is 1. The van der Waals surface area contributed by atoms with Crippen LogP contribution in [-0.4, -0.2) is 36.5 Å². The van der Waals surface area contributed by atoms with Crippen molar-refractivity contribution in [1.29, 1.82) is 0 Å². The molecular formula is C27H27F3N4O3. The largest absolute Gasteiger partial charge is 0.497 e. The minimum atomic E-state index is -4.40. The Morgan fingerprint density at radius 3 is 2.32 bits per heavy atom. The van der Waals surface area contributed by atoms with E-state index in [1.807, 2.05) is 0 Å². The molecule has 0 bridgehead atoms. The number of halogens is 3. The number of hydrogen-bond donors (Lipinski definition) is 2. The van der Waals surface area contributed by atoms with E-state index in [0.29, 0.717) is 45.7 Å². The molecule has 0 aliphatic rings. The molecule has 0 radical (unpaired) electrons. The van der Waals surface area contributed by atoms with Gasteiger partial charge >= 0.3 is 6.18 Å². The Bertz CT molecular complexity index is 1370. The number of carbonyl (C=O) groups is 1. The molecule has 0 aliphatic heterocycles. The van der Waals surface area contributed by atoms with Gasteiger partial charge in [-0.1, -0.05) is 19.1 Å². The fraction of sp³-hybridized carbons (Fsp3) is 0.222. The van der Waals surface area contributed by atoms with Crippen LogP contribution in [0.15, 0.2) is 76.4 Å². The zero-order chi connectivity index (χ0) is 27.2. The van der Waals surface area contributed by atoms with E-state index in [-0.39, 0.29) is 11.4 Å². The zero-order valence-electron chi connectivity index (χ0n) is 20.6. The third kappa shape index (κ3) is 6.87. The number of nitrogens with one attached hydrogen (secondary N) is 1. The summed E-state index contributed by atoms with van der Waals surface area (Å²) in [7, 11) is 1.53. The number of pyridine rings is 1. The molecule has 3 aromatic rings. The van der Waals surface area contributed by atoms with Crippen LogP contribution >= 0.6 is 0 Å². The van der Waals surface area contributed by atoms with E-state index < -0.39 is 18.6 Å². The van der Waals surface area contributed by atoms with Crippen LogP contribution < -0.4 is 21.3 Å². The van der Waals surface area contributed by atoms with E-state index >= 15 is 0 Å². The number of benzene rings is 2. The van der Waals surface area contributed by atoms with Gasteiger partial charge in [0.1, 0.15) is 18.1 Å². The van der Waals surface area contributed by atoms with Gasteiger partial charge in [0.05, 0.1) is 12.7 Å². The zero-order valence-corrected chi connectivity index (χ0v) is 20.6. The van der Waals surface area contributed by atoms with Crippen LogP contribution in [0.4, 0.5) is 13.2 Å². The lowest BCUT2D eigenvalue weighted by molar-refractivity contribution is -0.123. The molecule has 0 unspecified atom stereocenters. The van der Waals surface area contributed by atoms with Crippen molar-refractivity contribution < 1.29 is 22.7 Å². The molecule has 0 aliphatic carbocycles. The SMILES string of the molecule is CC/C=C(/N=C\c1cn(-c2ccc(OC)cc2)c(=O)c(-c2ccc(C(N)=O)cc2)c1C)NCC(F)(F)F. The van der Waals surface area contributed by atoms with Crippen molar-refractivity contribution in [2.24, 2.45) is 10.7 Å². The van der Waals surface area contributed by atoms with Crippen molar-refractivity contribution in [2.45, 2.75) is 26.4 Å². The average molecular weight is 513 g/mol. The fourth-order valence-electron chi connectivity index (χ4n) is 3.62. The molecule has 194 valence electrons. The number of nitrogens with zero attached hydrogens (tertiary/aromatic N) is 2. The van der Waals surface area contributed by atoms with E-state index in [9.17, 15) is 22.8 Å². The van der Waals surface area contributed by atoms with E-state index in [1.165, 1.54) is 30.0 Å². The Balaban J connectivity index is 2.16. The van der Waals surface area contributed by atoms with Crippen LogP contribution in [0.3, 0.4) is 0 Å². The van der Waals surface area contributed by atoms with Gasteiger partial charge in [0.15, 0.2) is 0 Å². The highest BCUT2D eigenvalue weighted by Crippen LogP contribution is 2.24. The van der Waals surface area contributed by atoms with E-state index in [1.54, 1.807) is 62.5 Å². The maximum absolute atomic E-state index is 13.6. The average Bonchev–Trinajstić information content (AvgIpc) is 2.86. The molecule has 0 saturated heterocycles. The van der Waals surface area contributed by atoms with Gasteiger partial charge in [0.25, 0.3) is 5.56 Å². The summed E-state index contributed by atoms with van der Waals surface area (Å²) >= 11 is 0. The van der Waals surface area contributed by atoms with Crippen LogP contribution in [0.1, 0.15) is 34.8 Å². The van der Waals surface area contributed by atoms with Crippen molar-refractivity contribution in [2.75, 3.05) is 13.7 Å². The minimum Gasteiger partial charge on any atom is -0.497 e. The number of aromatic nitrogens is 1. The number of allylic oxidation sites excluding steroid dienone is 1. The van der Waals surface area contributed by atoms with E-state index in [0.717, 1.165) is 0 Å². The first-order valence-corrected chi connectivity index (χ1v) is 11.4. The van der Waals surface area contributed by atoms with Crippen LogP contribution in [0, 0.1) is 6.92 Å². The Morgan fingerprint density at radius 2 is 1.78 bits per heavy atom. The van der Waals surface area contributed by atoms with Gasteiger partial charge in [0, 0.05) is 29.2 Å². The van der Waals surface area contributed by atoms with Crippen molar-refractivity contribution in [3.63, 3.8) is 0 Å². The van der Waals surface area contributed by atoms with Crippen molar-refractivity contribution in [3.8, 4) is 22.6 Å². The number of alkyl halides is 3. The summed E-state index contributed by atoms with van der Waals surface area (Å²) in [6.07, 6.45) is 0.614. The lowest BCUT2D eigenvalue weighted by Crippen LogP contribution is -2.28. The Hall–Kier alpha value is -4.34. The lowest BCUT2D eigenvalue weighted by atomic mass is 9.97. The highest BCUT2D eigenvalue weighted by molar-refractivity contribution is 5.93. The second kappa shape index (κ2) is 11.6. The molecule has 37 heavy (non-hydrogen) atoms. The molecule has 3 rings (SSSR count). The molecule has 0 fully saturated rings. The molecule has 10 heteroatoms. The Labute approximate surface area is 212 Å². The summed E-state index contributed by atoms with van der Waals surface area (Å²) < 4.78 is 44.8. The van der Waals surface area contributed by atoms with E-state index in [2.05, 4.69) is 10.3 Å². The van der Waals surface area contributed by atoms with Crippen LogP contribution in [-0.2, 0) is 0 Å². The van der Waals surface area contributed by atoms with Gasteiger partial charge in [-0.15, -0.1) is 0 Å². The maximum atomic E-state index is 13.6. The highest BCUT2D eigenvalue weighted by Gasteiger charge is 2.26. The number of primary amides is 1. The third-order valence-corrected chi connectivity index (χ3v) is 5.53. The fourth-order valence-corrected chi connectivity index (χ4v) is 3.62. The number of rotatable bonds is 9. The summed E-state index contributed by atoms with van der Waals surface area (Å²) in [5, 5.41) is 2.30. The summed E-state index contributed by atoms with van der Waals surface area (Å²) in [6.45, 7) is 2.29. The number of hydrogen-bond acceptors (Lipinski definition) is 5. The molecule has 2 aromatic carbocycles. The number of nitrogens with two attached hydrogens (primary N) is 1. The quantitative estimate of drug-likeness (QED) is 0.405. The van der Waals surface area contributed by atoms with Crippen LogP contribution in [0.2, 0.25) is 0 Å². The molecular weight excluding hydrogens is 485 g/mol. The molecule has 3 N–H and O–H groups in total. The van der Waals surface area contributed by atoms with Crippen molar-refractivity contribution in [3.05, 3.63) is 93.7 Å². The van der Waals surface area contributed by atoms with Crippen molar-refractivity contribution >= 4 is 12.1 Å². The smallest absolute Gasteiger partial charge is 0.405 e. The van der Waals surface area contributed by atoms with Crippen molar-refractivity contribution in [1.82, 2.24) is 9.88 Å². The molecule has 0 saturated carbocycles. The molecule has 0 spiro atoms. The molecule has 1 aromatic heterocycles. The molecule has 1 heterocycles. The standard InChI is InChI=1S/C27H27F3N4O3/c1-4-5-23(33-16-27(28,29)30)32-14-20-15-34(21-10-12-22(37-3)13-11-21)26(36)24(17(20)2)18-6-8-19(9-7-18)25(31)35/h5-15,33H,4,16H2,1-3H3,(H2,31,35)/b23-5-,32-14-. The van der Waals surface area contributed by atoms with Crippen LogP contribution in [0.5, 0.6) is 5.75 Å². The van der Waals surface area contributed by atoms with Gasteiger partial charge in [-0.05, 0) is 66.9 Å². The highest BCUT2D eigenvalue weighted by atomic mass is 19.4. The Morgan fingerprint density at radius 1 is 1.14 bits per heavy atom. The van der Waals surface area contributed by atoms with Gasteiger partial charge in [-0.2, -0.15) is 13.2 Å². The lowest BCUT2D eigenvalue weighted by Gasteiger charge is -2.15. The van der Waals surface area contributed by atoms with Gasteiger partial charge in [-0.3, -0.25) is 14.2 Å². The first kappa shape index (κ1) is 27.3. The maximum Gasteiger partial charge on any atom is 0.405 e. The van der Waals surface area contributed by atoms with Crippen LogP contribution in [0.25, 0.3) is 16.8 Å². The first-order valence-electron chi connectivity index (χ1n) is 11.4. The topological polar surface area (TPSA) is 98.7 Å². The minimum absolute atomic E-state index is 0.0637.